The van der Waals surface area contributed by atoms with Crippen LogP contribution in [0.3, 0.4) is 0 Å². The van der Waals surface area contributed by atoms with E-state index in [1.54, 1.807) is 0 Å². The van der Waals surface area contributed by atoms with Gasteiger partial charge in [0.05, 0.1) is 0 Å². The summed E-state index contributed by atoms with van der Waals surface area (Å²) in [5, 5.41) is 0. The van der Waals surface area contributed by atoms with E-state index in [9.17, 15) is 0 Å². The van der Waals surface area contributed by atoms with Crippen LogP contribution in [0.2, 0.25) is 0 Å². The normalized spacial score (nSPS) is 55.4. The molecule has 0 amide bonds. The van der Waals surface area contributed by atoms with Crippen molar-refractivity contribution in [2.45, 2.75) is 88.2 Å². The fraction of sp³-hybridized carbons (Fsp3) is 1.00. The molecule has 0 aromatic carbocycles. The SMILES string of the molecule is C1CCN(C2CCC3(CC2)OOC2(OO3)C3CC4CC(C3)CC2C4)C1. The highest BCUT2D eigenvalue weighted by Crippen LogP contribution is 2.61. The van der Waals surface area contributed by atoms with Crippen LogP contribution >= 0.6 is 0 Å². The molecule has 2 spiro atoms. The highest BCUT2D eigenvalue weighted by Gasteiger charge is 2.64. The van der Waals surface area contributed by atoms with Gasteiger partial charge in [-0.3, -0.25) is 0 Å². The van der Waals surface area contributed by atoms with E-state index in [1.807, 2.05) is 0 Å². The first kappa shape index (κ1) is 15.8. The second kappa shape index (κ2) is 5.65. The molecule has 0 N–H and O–H groups in total. The molecular weight excluding hydrogens is 318 g/mol. The maximum absolute atomic E-state index is 6.14. The van der Waals surface area contributed by atoms with Gasteiger partial charge in [0.2, 0.25) is 11.6 Å². The Morgan fingerprint density at radius 2 is 1.24 bits per heavy atom. The quantitative estimate of drug-likeness (QED) is 0.674. The van der Waals surface area contributed by atoms with Crippen molar-refractivity contribution in [2.24, 2.45) is 23.7 Å². The number of hydrogen-bond donors (Lipinski definition) is 0. The average Bonchev–Trinajstić information content (AvgIpc) is 3.16. The van der Waals surface area contributed by atoms with Gasteiger partial charge in [-0.2, -0.15) is 19.6 Å². The van der Waals surface area contributed by atoms with E-state index in [0.29, 0.717) is 17.9 Å². The lowest BCUT2D eigenvalue weighted by atomic mass is 9.53. The third-order valence-corrected chi connectivity index (χ3v) is 8.30. The maximum Gasteiger partial charge on any atom is 0.239 e. The zero-order valence-corrected chi connectivity index (χ0v) is 15.2. The van der Waals surface area contributed by atoms with Crippen molar-refractivity contribution >= 4 is 0 Å². The van der Waals surface area contributed by atoms with Crippen molar-refractivity contribution in [3.05, 3.63) is 0 Å². The number of rotatable bonds is 1. The molecular formula is C20H31NO4. The molecule has 2 aliphatic heterocycles. The minimum absolute atomic E-state index is 0.460. The van der Waals surface area contributed by atoms with E-state index in [2.05, 4.69) is 4.90 Å². The Morgan fingerprint density at radius 1 is 0.680 bits per heavy atom. The Bertz CT molecular complexity index is 484. The van der Waals surface area contributed by atoms with Gasteiger partial charge >= 0.3 is 0 Å². The van der Waals surface area contributed by atoms with Crippen LogP contribution in [-0.4, -0.2) is 35.6 Å². The zero-order chi connectivity index (χ0) is 16.5. The lowest BCUT2D eigenvalue weighted by Crippen LogP contribution is -2.65. The number of nitrogens with zero attached hydrogens (tertiary/aromatic N) is 1. The van der Waals surface area contributed by atoms with Crippen molar-refractivity contribution in [1.29, 1.82) is 0 Å². The Morgan fingerprint density at radius 3 is 1.80 bits per heavy atom. The Labute approximate surface area is 150 Å². The van der Waals surface area contributed by atoms with Gasteiger partial charge in [0, 0.05) is 30.7 Å². The molecule has 4 bridgehead atoms. The highest BCUT2D eigenvalue weighted by molar-refractivity contribution is 5.03. The topological polar surface area (TPSA) is 40.2 Å². The molecule has 2 saturated heterocycles. The molecule has 5 aliphatic carbocycles. The minimum atomic E-state index is -0.657. The predicted molar refractivity (Wildman–Crippen MR) is 89.9 cm³/mol. The Kier molecular flexibility index (Phi) is 3.57. The molecule has 7 rings (SSSR count). The zero-order valence-electron chi connectivity index (χ0n) is 15.2. The molecule has 7 aliphatic rings. The Balaban J connectivity index is 1.12. The summed E-state index contributed by atoms with van der Waals surface area (Å²) in [6.07, 6.45) is 13.0. The van der Waals surface area contributed by atoms with Gasteiger partial charge in [0.1, 0.15) is 0 Å². The number of likely N-dealkylation sites (tertiary alicyclic amines) is 1. The molecule has 2 heterocycles. The minimum Gasteiger partial charge on any atom is -0.300 e. The van der Waals surface area contributed by atoms with Crippen LogP contribution < -0.4 is 0 Å². The van der Waals surface area contributed by atoms with Gasteiger partial charge in [-0.05, 0) is 82.7 Å². The van der Waals surface area contributed by atoms with Gasteiger partial charge in [-0.25, -0.2) is 0 Å². The molecule has 0 atom stereocenters. The van der Waals surface area contributed by atoms with Crippen LogP contribution in [0.15, 0.2) is 0 Å². The molecule has 140 valence electrons. The van der Waals surface area contributed by atoms with Crippen molar-refractivity contribution in [3.63, 3.8) is 0 Å². The molecule has 0 aromatic heterocycles. The maximum atomic E-state index is 6.14. The van der Waals surface area contributed by atoms with Crippen LogP contribution in [0.5, 0.6) is 0 Å². The van der Waals surface area contributed by atoms with Gasteiger partial charge in [0.15, 0.2) is 0 Å². The van der Waals surface area contributed by atoms with E-state index in [0.717, 1.165) is 37.5 Å². The lowest BCUT2D eigenvalue weighted by Gasteiger charge is -2.60. The van der Waals surface area contributed by atoms with Crippen LogP contribution in [0.1, 0.15) is 70.6 Å². The summed E-state index contributed by atoms with van der Waals surface area (Å²) in [4.78, 5) is 27.0. The second-order valence-corrected chi connectivity index (χ2v) is 9.74. The molecule has 5 nitrogen and oxygen atoms in total. The summed E-state index contributed by atoms with van der Waals surface area (Å²) >= 11 is 0. The standard InChI is InChI=1S/C20H31NO4/c1-2-8-21(7-1)18-3-5-19(6-4-18)22-24-20(25-23-19)16-10-14-9-15(12-16)13-17(20)11-14/h14-18H,1-13H2. The highest BCUT2D eigenvalue weighted by atomic mass is 17.4. The van der Waals surface area contributed by atoms with Crippen molar-refractivity contribution in [2.75, 3.05) is 13.1 Å². The number of hydrogen-bond acceptors (Lipinski definition) is 5. The van der Waals surface area contributed by atoms with Crippen LogP contribution in [0.4, 0.5) is 0 Å². The van der Waals surface area contributed by atoms with Gasteiger partial charge in [0.25, 0.3) is 0 Å². The van der Waals surface area contributed by atoms with Gasteiger partial charge in [-0.15, -0.1) is 0 Å². The van der Waals surface area contributed by atoms with Crippen LogP contribution in [-0.2, 0) is 19.6 Å². The van der Waals surface area contributed by atoms with Crippen LogP contribution in [0, 0.1) is 23.7 Å². The van der Waals surface area contributed by atoms with Gasteiger partial charge in [-0.1, -0.05) is 0 Å². The summed E-state index contributed by atoms with van der Waals surface area (Å²) < 4.78 is 0. The summed E-state index contributed by atoms with van der Waals surface area (Å²) in [5.74, 6) is 1.42. The smallest absolute Gasteiger partial charge is 0.239 e. The first-order chi connectivity index (χ1) is 12.2. The third kappa shape index (κ3) is 2.39. The largest absolute Gasteiger partial charge is 0.300 e. The van der Waals surface area contributed by atoms with E-state index in [-0.39, 0.29) is 0 Å². The van der Waals surface area contributed by atoms with Crippen molar-refractivity contribution < 1.29 is 19.6 Å². The first-order valence-electron chi connectivity index (χ1n) is 10.7. The van der Waals surface area contributed by atoms with E-state index in [1.165, 1.54) is 58.0 Å². The summed E-state index contributed by atoms with van der Waals surface area (Å²) in [5.41, 5.74) is 0. The predicted octanol–water partition coefficient (Wildman–Crippen LogP) is 3.78. The molecule has 0 aromatic rings. The fourth-order valence-electron chi connectivity index (χ4n) is 7.10. The monoisotopic (exact) mass is 349 g/mol. The third-order valence-electron chi connectivity index (χ3n) is 8.30. The average molecular weight is 349 g/mol. The molecule has 5 heteroatoms. The Hall–Kier alpha value is -0.200. The van der Waals surface area contributed by atoms with Gasteiger partial charge < -0.3 is 4.90 Å². The first-order valence-corrected chi connectivity index (χ1v) is 10.7. The summed E-state index contributed by atoms with van der Waals surface area (Å²) in [6.45, 7) is 2.53. The molecule has 5 saturated carbocycles. The second-order valence-electron chi connectivity index (χ2n) is 9.74. The summed E-state index contributed by atoms with van der Waals surface area (Å²) in [7, 11) is 0. The van der Waals surface area contributed by atoms with Crippen molar-refractivity contribution in [1.82, 2.24) is 4.90 Å². The van der Waals surface area contributed by atoms with E-state index in [4.69, 9.17) is 19.6 Å². The van der Waals surface area contributed by atoms with Crippen molar-refractivity contribution in [3.8, 4) is 0 Å². The molecule has 0 unspecified atom stereocenters. The van der Waals surface area contributed by atoms with E-state index >= 15 is 0 Å². The fourth-order valence-corrected chi connectivity index (χ4v) is 7.10. The molecule has 25 heavy (non-hydrogen) atoms. The molecule has 7 fully saturated rings. The summed E-state index contributed by atoms with van der Waals surface area (Å²) in [6, 6.07) is 0.692. The van der Waals surface area contributed by atoms with Crippen LogP contribution in [0.25, 0.3) is 0 Å². The molecule has 0 radical (unpaired) electrons. The van der Waals surface area contributed by atoms with E-state index < -0.39 is 11.6 Å². The lowest BCUT2D eigenvalue weighted by molar-refractivity contribution is -0.680.